The number of pyridine rings is 1. The van der Waals surface area contributed by atoms with E-state index in [0.717, 1.165) is 12.8 Å². The largest absolute Gasteiger partial charge is 0.479 e. The Morgan fingerprint density at radius 2 is 1.71 bits per heavy atom. The summed E-state index contributed by atoms with van der Waals surface area (Å²) in [6.45, 7) is 3.94. The van der Waals surface area contributed by atoms with Crippen molar-refractivity contribution >= 4 is 5.97 Å². The van der Waals surface area contributed by atoms with Crippen LogP contribution in [0, 0.1) is 0 Å². The Labute approximate surface area is 101 Å². The lowest BCUT2D eigenvalue weighted by atomic mass is 9.88. The Balaban J connectivity index is 3.24. The molecule has 0 atom stereocenters. The van der Waals surface area contributed by atoms with Crippen molar-refractivity contribution in [2.24, 2.45) is 0 Å². The number of carboxylic acid groups (broad SMARTS) is 1. The molecule has 0 amide bonds. The Bertz CT molecular complexity index is 410. The molecule has 0 aromatic carbocycles. The van der Waals surface area contributed by atoms with Crippen molar-refractivity contribution in [2.45, 2.75) is 45.1 Å². The van der Waals surface area contributed by atoms with Crippen molar-refractivity contribution in [2.75, 3.05) is 0 Å². The average Bonchev–Trinajstić information content (AvgIpc) is 2.29. The fraction of sp³-hybridized carbons (Fsp3) is 0.538. The van der Waals surface area contributed by atoms with Crippen molar-refractivity contribution in [3.63, 3.8) is 0 Å². The third-order valence-corrected chi connectivity index (χ3v) is 3.02. The Kier molecular flexibility index (Phi) is 4.49. The van der Waals surface area contributed by atoms with Crippen LogP contribution in [0.15, 0.2) is 29.3 Å². The summed E-state index contributed by atoms with van der Waals surface area (Å²) in [5.41, 5.74) is -1.02. The van der Waals surface area contributed by atoms with Crippen LogP contribution >= 0.6 is 0 Å². The standard InChI is InChI=1S/C13H19NO3/c1-3-7-13(8-4-2,12(16)17)14-9-5-11(15)6-10-14/h5-6,9-10H,3-4,7-8H2,1-2H3,(H,16,17). The summed E-state index contributed by atoms with van der Waals surface area (Å²) in [6.07, 6.45) is 5.86. The zero-order valence-electron chi connectivity index (χ0n) is 10.3. The number of carboxylic acids is 1. The number of hydrogen-bond acceptors (Lipinski definition) is 2. The highest BCUT2D eigenvalue weighted by molar-refractivity contribution is 5.76. The van der Waals surface area contributed by atoms with Gasteiger partial charge in [0.1, 0.15) is 5.54 Å². The first-order chi connectivity index (χ1) is 8.06. The van der Waals surface area contributed by atoms with E-state index in [-0.39, 0.29) is 5.43 Å². The molecule has 17 heavy (non-hydrogen) atoms. The van der Waals surface area contributed by atoms with Gasteiger partial charge in [-0.05, 0) is 12.8 Å². The molecular weight excluding hydrogens is 218 g/mol. The fourth-order valence-electron chi connectivity index (χ4n) is 2.23. The lowest BCUT2D eigenvalue weighted by Crippen LogP contribution is -2.42. The molecule has 1 aromatic heterocycles. The van der Waals surface area contributed by atoms with Crippen LogP contribution in [0.5, 0.6) is 0 Å². The van der Waals surface area contributed by atoms with Gasteiger partial charge in [-0.25, -0.2) is 4.79 Å². The Morgan fingerprint density at radius 3 is 2.06 bits per heavy atom. The molecule has 0 saturated carbocycles. The molecule has 1 N–H and O–H groups in total. The minimum absolute atomic E-state index is 0.103. The highest BCUT2D eigenvalue weighted by Crippen LogP contribution is 2.28. The molecule has 1 aromatic rings. The van der Waals surface area contributed by atoms with Crippen molar-refractivity contribution in [1.82, 2.24) is 4.57 Å². The molecule has 0 fully saturated rings. The predicted octanol–water partition coefficient (Wildman–Crippen LogP) is 2.23. The smallest absolute Gasteiger partial charge is 0.329 e. The van der Waals surface area contributed by atoms with Gasteiger partial charge in [0.25, 0.3) is 0 Å². The van der Waals surface area contributed by atoms with Gasteiger partial charge in [0.05, 0.1) is 0 Å². The Hall–Kier alpha value is -1.58. The van der Waals surface area contributed by atoms with Crippen LogP contribution in [-0.4, -0.2) is 15.6 Å². The van der Waals surface area contributed by atoms with Gasteiger partial charge in [0, 0.05) is 24.5 Å². The summed E-state index contributed by atoms with van der Waals surface area (Å²) in [5.74, 6) is -0.829. The van der Waals surface area contributed by atoms with Gasteiger partial charge in [0.15, 0.2) is 5.43 Å². The summed E-state index contributed by atoms with van der Waals surface area (Å²) in [7, 11) is 0. The lowest BCUT2D eigenvalue weighted by molar-refractivity contribution is -0.148. The SMILES string of the molecule is CCCC(CCC)(C(=O)O)n1ccc(=O)cc1. The van der Waals surface area contributed by atoms with E-state index in [1.54, 1.807) is 17.0 Å². The summed E-state index contributed by atoms with van der Waals surface area (Å²) >= 11 is 0. The normalized spacial score (nSPS) is 11.4. The van der Waals surface area contributed by atoms with E-state index in [9.17, 15) is 14.7 Å². The van der Waals surface area contributed by atoms with Gasteiger partial charge in [-0.2, -0.15) is 0 Å². The monoisotopic (exact) mass is 237 g/mol. The van der Waals surface area contributed by atoms with Crippen LogP contribution in [0.3, 0.4) is 0 Å². The minimum atomic E-state index is -0.919. The molecule has 0 aliphatic heterocycles. The van der Waals surface area contributed by atoms with Crippen molar-refractivity contribution in [3.8, 4) is 0 Å². The zero-order valence-corrected chi connectivity index (χ0v) is 10.3. The highest BCUT2D eigenvalue weighted by Gasteiger charge is 2.37. The average molecular weight is 237 g/mol. The number of aliphatic carboxylic acids is 1. The second-order valence-corrected chi connectivity index (χ2v) is 4.28. The second-order valence-electron chi connectivity index (χ2n) is 4.28. The van der Waals surface area contributed by atoms with Crippen LogP contribution in [0.25, 0.3) is 0 Å². The maximum atomic E-state index is 11.6. The maximum absolute atomic E-state index is 11.6. The summed E-state index contributed by atoms with van der Waals surface area (Å²) in [6, 6.07) is 2.81. The molecule has 0 radical (unpaired) electrons. The summed E-state index contributed by atoms with van der Waals surface area (Å²) < 4.78 is 1.66. The molecule has 4 heteroatoms. The van der Waals surface area contributed by atoms with E-state index < -0.39 is 11.5 Å². The van der Waals surface area contributed by atoms with Gasteiger partial charge in [-0.15, -0.1) is 0 Å². The molecule has 94 valence electrons. The van der Waals surface area contributed by atoms with E-state index in [0.29, 0.717) is 12.8 Å². The van der Waals surface area contributed by atoms with Gasteiger partial charge < -0.3 is 9.67 Å². The quantitative estimate of drug-likeness (QED) is 0.825. The number of rotatable bonds is 6. The molecule has 0 unspecified atom stereocenters. The van der Waals surface area contributed by atoms with Crippen molar-refractivity contribution < 1.29 is 9.90 Å². The van der Waals surface area contributed by atoms with Gasteiger partial charge >= 0.3 is 5.97 Å². The van der Waals surface area contributed by atoms with Crippen LogP contribution in [0.2, 0.25) is 0 Å². The van der Waals surface area contributed by atoms with Crippen LogP contribution in [0.1, 0.15) is 39.5 Å². The van der Waals surface area contributed by atoms with E-state index in [1.165, 1.54) is 12.1 Å². The van der Waals surface area contributed by atoms with Crippen LogP contribution in [0.4, 0.5) is 0 Å². The van der Waals surface area contributed by atoms with E-state index >= 15 is 0 Å². The van der Waals surface area contributed by atoms with Gasteiger partial charge in [-0.3, -0.25) is 4.79 Å². The van der Waals surface area contributed by atoms with Crippen LogP contribution < -0.4 is 5.43 Å². The molecule has 0 saturated heterocycles. The fourth-order valence-corrected chi connectivity index (χ4v) is 2.23. The van der Waals surface area contributed by atoms with Gasteiger partial charge in [0.2, 0.25) is 0 Å². The molecular formula is C13H19NO3. The molecule has 4 nitrogen and oxygen atoms in total. The van der Waals surface area contributed by atoms with Crippen molar-refractivity contribution in [1.29, 1.82) is 0 Å². The molecule has 0 aliphatic rings. The molecule has 1 heterocycles. The predicted molar refractivity (Wildman–Crippen MR) is 66.1 cm³/mol. The van der Waals surface area contributed by atoms with E-state index in [1.807, 2.05) is 13.8 Å². The molecule has 0 bridgehead atoms. The molecule has 0 aliphatic carbocycles. The first-order valence-corrected chi connectivity index (χ1v) is 5.99. The van der Waals surface area contributed by atoms with E-state index in [4.69, 9.17) is 0 Å². The maximum Gasteiger partial charge on any atom is 0.329 e. The molecule has 1 rings (SSSR count). The van der Waals surface area contributed by atoms with E-state index in [2.05, 4.69) is 0 Å². The number of nitrogens with zero attached hydrogens (tertiary/aromatic N) is 1. The lowest BCUT2D eigenvalue weighted by Gasteiger charge is -2.31. The summed E-state index contributed by atoms with van der Waals surface area (Å²) in [4.78, 5) is 22.7. The third kappa shape index (κ3) is 2.75. The first-order valence-electron chi connectivity index (χ1n) is 5.99. The minimum Gasteiger partial charge on any atom is -0.479 e. The first kappa shape index (κ1) is 13.5. The number of carbonyl (C=O) groups is 1. The topological polar surface area (TPSA) is 59.3 Å². The zero-order chi connectivity index (χ0) is 12.9. The Morgan fingerprint density at radius 1 is 1.24 bits per heavy atom. The highest BCUT2D eigenvalue weighted by atomic mass is 16.4. The third-order valence-electron chi connectivity index (χ3n) is 3.02. The molecule has 0 spiro atoms. The summed E-state index contributed by atoms with van der Waals surface area (Å²) in [5, 5.41) is 9.51. The number of hydrogen-bond donors (Lipinski definition) is 1. The number of aromatic nitrogens is 1. The second kappa shape index (κ2) is 5.66. The van der Waals surface area contributed by atoms with Crippen LogP contribution in [-0.2, 0) is 10.3 Å². The van der Waals surface area contributed by atoms with Gasteiger partial charge in [-0.1, -0.05) is 26.7 Å². The van der Waals surface area contributed by atoms with Crippen molar-refractivity contribution in [3.05, 3.63) is 34.7 Å².